The third-order valence-electron chi connectivity index (χ3n) is 5.01. The Labute approximate surface area is 194 Å². The lowest BCUT2D eigenvalue weighted by Gasteiger charge is -2.08. The van der Waals surface area contributed by atoms with E-state index in [0.29, 0.717) is 41.7 Å². The molecule has 0 saturated carbocycles. The van der Waals surface area contributed by atoms with Crippen molar-refractivity contribution >= 4 is 55.6 Å². The van der Waals surface area contributed by atoms with Crippen LogP contribution in [0.25, 0.3) is 22.1 Å². The molecule has 0 aliphatic rings. The SMILES string of the molecule is O=C(NCCn1ncc2c(=O)n(Cc3ccc(Br)cc3)cnc21)c1ccc2nsnc2c1. The highest BCUT2D eigenvalue weighted by Crippen LogP contribution is 2.14. The Morgan fingerprint density at radius 3 is 2.75 bits per heavy atom. The van der Waals surface area contributed by atoms with Crippen molar-refractivity contribution in [1.29, 1.82) is 0 Å². The van der Waals surface area contributed by atoms with E-state index < -0.39 is 0 Å². The highest BCUT2D eigenvalue weighted by molar-refractivity contribution is 9.10. The predicted octanol–water partition coefficient (Wildman–Crippen LogP) is 2.84. The summed E-state index contributed by atoms with van der Waals surface area (Å²) in [6.45, 7) is 1.15. The van der Waals surface area contributed by atoms with Gasteiger partial charge in [-0.15, -0.1) is 0 Å². The van der Waals surface area contributed by atoms with Crippen LogP contribution < -0.4 is 10.9 Å². The highest BCUT2D eigenvalue weighted by Gasteiger charge is 2.12. The lowest BCUT2D eigenvalue weighted by atomic mass is 10.2. The summed E-state index contributed by atoms with van der Waals surface area (Å²) >= 11 is 4.52. The van der Waals surface area contributed by atoms with E-state index in [2.05, 4.69) is 40.1 Å². The van der Waals surface area contributed by atoms with Crippen LogP contribution in [0.1, 0.15) is 15.9 Å². The van der Waals surface area contributed by atoms with Crippen molar-refractivity contribution in [3.63, 3.8) is 0 Å². The van der Waals surface area contributed by atoms with Gasteiger partial charge in [0.15, 0.2) is 5.65 Å². The van der Waals surface area contributed by atoms with Gasteiger partial charge in [-0.25, -0.2) is 9.67 Å². The Morgan fingerprint density at radius 2 is 1.91 bits per heavy atom. The number of nitrogens with one attached hydrogen (secondary N) is 1. The molecule has 3 heterocycles. The Bertz CT molecular complexity index is 1490. The fourth-order valence-electron chi connectivity index (χ4n) is 3.36. The van der Waals surface area contributed by atoms with E-state index in [1.165, 1.54) is 12.5 Å². The van der Waals surface area contributed by atoms with Crippen molar-refractivity contribution in [3.8, 4) is 0 Å². The summed E-state index contributed by atoms with van der Waals surface area (Å²) in [6, 6.07) is 13.0. The highest BCUT2D eigenvalue weighted by atomic mass is 79.9. The van der Waals surface area contributed by atoms with E-state index in [1.54, 1.807) is 27.4 Å². The van der Waals surface area contributed by atoms with Crippen LogP contribution in [0.4, 0.5) is 0 Å². The quantitative estimate of drug-likeness (QED) is 0.377. The summed E-state index contributed by atoms with van der Waals surface area (Å²) in [4.78, 5) is 29.7. The molecule has 0 atom stereocenters. The molecule has 0 unspecified atom stereocenters. The zero-order valence-electron chi connectivity index (χ0n) is 16.6. The smallest absolute Gasteiger partial charge is 0.264 e. The molecule has 3 aromatic heterocycles. The Kier molecular flexibility index (Phi) is 5.50. The number of benzene rings is 2. The van der Waals surface area contributed by atoms with Gasteiger partial charge in [-0.2, -0.15) is 13.8 Å². The first-order chi connectivity index (χ1) is 15.6. The Hall–Kier alpha value is -3.44. The molecule has 5 aromatic rings. The second-order valence-corrected chi connectivity index (χ2v) is 8.58. The molecular weight excluding hydrogens is 494 g/mol. The minimum atomic E-state index is -0.207. The maximum Gasteiger partial charge on any atom is 0.264 e. The molecule has 0 saturated heterocycles. The summed E-state index contributed by atoms with van der Waals surface area (Å²) in [5.74, 6) is -0.207. The first kappa shape index (κ1) is 20.5. The summed E-state index contributed by atoms with van der Waals surface area (Å²) in [6.07, 6.45) is 3.05. The number of halogens is 1. The number of carbonyl (C=O) groups is 1. The van der Waals surface area contributed by atoms with Gasteiger partial charge in [0, 0.05) is 16.6 Å². The molecule has 160 valence electrons. The van der Waals surface area contributed by atoms with Gasteiger partial charge in [-0.1, -0.05) is 28.1 Å². The lowest BCUT2D eigenvalue weighted by Crippen LogP contribution is -2.27. The second-order valence-electron chi connectivity index (χ2n) is 7.13. The zero-order valence-corrected chi connectivity index (χ0v) is 19.0. The van der Waals surface area contributed by atoms with Gasteiger partial charge in [0.1, 0.15) is 22.7 Å². The van der Waals surface area contributed by atoms with Crippen molar-refractivity contribution in [2.75, 3.05) is 6.54 Å². The second kappa shape index (κ2) is 8.60. The molecule has 9 nitrogen and oxygen atoms in total. The third-order valence-corrected chi connectivity index (χ3v) is 6.10. The van der Waals surface area contributed by atoms with Crippen LogP contribution in [0.2, 0.25) is 0 Å². The maximum absolute atomic E-state index is 12.8. The van der Waals surface area contributed by atoms with Gasteiger partial charge in [0.05, 0.1) is 31.0 Å². The molecule has 2 aromatic carbocycles. The number of nitrogens with zero attached hydrogens (tertiary/aromatic N) is 6. The number of amides is 1. The van der Waals surface area contributed by atoms with Crippen molar-refractivity contribution in [1.82, 2.24) is 33.4 Å². The lowest BCUT2D eigenvalue weighted by molar-refractivity contribution is 0.0952. The molecule has 0 radical (unpaired) electrons. The van der Waals surface area contributed by atoms with Crippen LogP contribution in [0, 0.1) is 0 Å². The number of hydrogen-bond acceptors (Lipinski definition) is 7. The fraction of sp³-hybridized carbons (Fsp3) is 0.143. The Morgan fingerprint density at radius 1 is 1.09 bits per heavy atom. The summed E-state index contributed by atoms with van der Waals surface area (Å²) in [7, 11) is 0. The number of hydrogen-bond donors (Lipinski definition) is 1. The zero-order chi connectivity index (χ0) is 22.1. The molecule has 0 spiro atoms. The minimum absolute atomic E-state index is 0.154. The van der Waals surface area contributed by atoms with E-state index in [4.69, 9.17) is 0 Å². The van der Waals surface area contributed by atoms with Gasteiger partial charge in [-0.3, -0.25) is 14.2 Å². The molecule has 5 rings (SSSR count). The van der Waals surface area contributed by atoms with Gasteiger partial charge in [0.2, 0.25) is 0 Å². The van der Waals surface area contributed by atoms with Gasteiger partial charge in [0.25, 0.3) is 11.5 Å². The molecule has 1 N–H and O–H groups in total. The molecule has 1 amide bonds. The molecule has 0 bridgehead atoms. The average Bonchev–Trinajstić information content (AvgIpc) is 3.44. The van der Waals surface area contributed by atoms with Crippen LogP contribution in [0.15, 0.2) is 64.3 Å². The monoisotopic (exact) mass is 509 g/mol. The van der Waals surface area contributed by atoms with Crippen LogP contribution in [-0.4, -0.2) is 40.5 Å². The topological polar surface area (TPSA) is 108 Å². The largest absolute Gasteiger partial charge is 0.350 e. The number of carbonyl (C=O) groups excluding carboxylic acids is 1. The van der Waals surface area contributed by atoms with E-state index >= 15 is 0 Å². The average molecular weight is 510 g/mol. The van der Waals surface area contributed by atoms with E-state index in [0.717, 1.165) is 27.3 Å². The fourth-order valence-corrected chi connectivity index (χ4v) is 4.14. The summed E-state index contributed by atoms with van der Waals surface area (Å²) in [5, 5.41) is 7.59. The first-order valence-corrected chi connectivity index (χ1v) is 11.3. The molecule has 0 aliphatic carbocycles. The number of fused-ring (bicyclic) bond motifs is 2. The molecular formula is C21H16BrN7O2S. The molecule has 32 heavy (non-hydrogen) atoms. The maximum atomic E-state index is 12.8. The number of rotatable bonds is 6. The third kappa shape index (κ3) is 4.04. The molecule has 11 heteroatoms. The predicted molar refractivity (Wildman–Crippen MR) is 125 cm³/mol. The van der Waals surface area contributed by atoms with E-state index in [1.807, 2.05) is 24.3 Å². The van der Waals surface area contributed by atoms with Crippen molar-refractivity contribution < 1.29 is 4.79 Å². The van der Waals surface area contributed by atoms with Crippen molar-refractivity contribution in [2.45, 2.75) is 13.1 Å². The van der Waals surface area contributed by atoms with Crippen LogP contribution in [-0.2, 0) is 13.1 Å². The minimum Gasteiger partial charge on any atom is -0.350 e. The molecule has 0 aliphatic heterocycles. The van der Waals surface area contributed by atoms with Crippen LogP contribution in [0.5, 0.6) is 0 Å². The standard InChI is InChI=1S/C21H16BrN7O2S/c22-15-4-1-13(2-5-15)11-28-12-24-19-16(21(28)31)10-25-29(19)8-7-23-20(30)14-3-6-17-18(9-14)27-32-26-17/h1-6,9-10,12H,7-8,11H2,(H,23,30). The van der Waals surface area contributed by atoms with Gasteiger partial charge < -0.3 is 5.32 Å². The van der Waals surface area contributed by atoms with Gasteiger partial charge >= 0.3 is 0 Å². The first-order valence-electron chi connectivity index (χ1n) is 9.74. The molecule has 0 fully saturated rings. The number of aromatic nitrogens is 6. The van der Waals surface area contributed by atoms with E-state index in [-0.39, 0.29) is 11.5 Å². The summed E-state index contributed by atoms with van der Waals surface area (Å²) < 4.78 is 12.5. The van der Waals surface area contributed by atoms with E-state index in [9.17, 15) is 9.59 Å². The van der Waals surface area contributed by atoms with Crippen LogP contribution in [0.3, 0.4) is 0 Å². The van der Waals surface area contributed by atoms with Crippen LogP contribution >= 0.6 is 27.7 Å². The normalized spacial score (nSPS) is 11.3. The van der Waals surface area contributed by atoms with Crippen molar-refractivity contribution in [2.24, 2.45) is 0 Å². The summed E-state index contributed by atoms with van der Waals surface area (Å²) in [5.41, 5.74) is 3.32. The Balaban J connectivity index is 1.27. The van der Waals surface area contributed by atoms with Crippen molar-refractivity contribution in [3.05, 3.63) is 80.9 Å². The van der Waals surface area contributed by atoms with Gasteiger partial charge in [-0.05, 0) is 35.9 Å².